The molecule has 0 aliphatic heterocycles. The molecule has 0 saturated heterocycles. The summed E-state index contributed by atoms with van der Waals surface area (Å²) >= 11 is 3.51. The number of halogens is 1. The van der Waals surface area contributed by atoms with E-state index in [1.807, 2.05) is 36.4 Å². The van der Waals surface area contributed by atoms with Gasteiger partial charge in [0.2, 0.25) is 0 Å². The van der Waals surface area contributed by atoms with Gasteiger partial charge in [-0.1, -0.05) is 37.3 Å². The Labute approximate surface area is 116 Å². The lowest BCUT2D eigenvalue weighted by atomic mass is 10.1. The van der Waals surface area contributed by atoms with Crippen LogP contribution in [0.3, 0.4) is 0 Å². The second-order valence-corrected chi connectivity index (χ2v) is 4.98. The van der Waals surface area contributed by atoms with Crippen molar-refractivity contribution in [3.63, 3.8) is 0 Å². The quantitative estimate of drug-likeness (QED) is 0.860. The van der Waals surface area contributed by atoms with Crippen LogP contribution in [0.4, 0.5) is 5.69 Å². The monoisotopic (exact) mass is 305 g/mol. The van der Waals surface area contributed by atoms with Gasteiger partial charge in [0.25, 0.3) is 0 Å². The summed E-state index contributed by atoms with van der Waals surface area (Å²) in [5.74, 6) is 0.719. The molecule has 2 aromatic carbocycles. The average Bonchev–Trinajstić information content (AvgIpc) is 2.38. The summed E-state index contributed by atoms with van der Waals surface area (Å²) in [6.07, 6.45) is 0.960. The zero-order valence-electron chi connectivity index (χ0n) is 10.3. The fourth-order valence-corrected chi connectivity index (χ4v) is 2.40. The Morgan fingerprint density at radius 3 is 2.44 bits per heavy atom. The standard InChI is InChI=1S/C15H16BrNO/c1-2-11-8-13(16)15(14(17)9-11)18-10-12-6-4-3-5-7-12/h3-9H,2,10,17H2,1H3. The number of rotatable bonds is 4. The molecule has 0 amide bonds. The van der Waals surface area contributed by atoms with Crippen LogP contribution < -0.4 is 10.5 Å². The Kier molecular flexibility index (Phi) is 4.26. The molecule has 2 aromatic rings. The van der Waals surface area contributed by atoms with Gasteiger partial charge in [-0.2, -0.15) is 0 Å². The minimum absolute atomic E-state index is 0.523. The van der Waals surface area contributed by atoms with Gasteiger partial charge < -0.3 is 10.5 Å². The van der Waals surface area contributed by atoms with Crippen LogP contribution in [0.25, 0.3) is 0 Å². The first-order valence-electron chi connectivity index (χ1n) is 5.95. The Balaban J connectivity index is 2.15. The predicted octanol–water partition coefficient (Wildman–Crippen LogP) is 4.17. The topological polar surface area (TPSA) is 35.2 Å². The van der Waals surface area contributed by atoms with Crippen molar-refractivity contribution in [2.75, 3.05) is 5.73 Å². The Morgan fingerprint density at radius 2 is 1.83 bits per heavy atom. The Bertz CT molecular complexity index is 502. The summed E-state index contributed by atoms with van der Waals surface area (Å²) in [7, 11) is 0. The minimum Gasteiger partial charge on any atom is -0.486 e. The summed E-state index contributed by atoms with van der Waals surface area (Å²) < 4.78 is 6.69. The zero-order chi connectivity index (χ0) is 13.0. The number of nitrogen functional groups attached to an aromatic ring is 1. The highest BCUT2D eigenvalue weighted by Gasteiger charge is 2.08. The van der Waals surface area contributed by atoms with E-state index in [0.717, 1.165) is 22.2 Å². The van der Waals surface area contributed by atoms with E-state index in [4.69, 9.17) is 10.5 Å². The molecule has 2 rings (SSSR count). The van der Waals surface area contributed by atoms with Crippen molar-refractivity contribution in [1.82, 2.24) is 0 Å². The van der Waals surface area contributed by atoms with E-state index >= 15 is 0 Å². The highest BCUT2D eigenvalue weighted by Crippen LogP contribution is 2.33. The highest BCUT2D eigenvalue weighted by molar-refractivity contribution is 9.10. The van der Waals surface area contributed by atoms with Gasteiger partial charge in [0.1, 0.15) is 6.61 Å². The van der Waals surface area contributed by atoms with E-state index in [1.54, 1.807) is 0 Å². The van der Waals surface area contributed by atoms with Crippen LogP contribution in [0.2, 0.25) is 0 Å². The molecule has 3 heteroatoms. The maximum atomic E-state index is 6.01. The molecule has 0 atom stereocenters. The van der Waals surface area contributed by atoms with Crippen LogP contribution in [0.5, 0.6) is 5.75 Å². The predicted molar refractivity (Wildman–Crippen MR) is 78.7 cm³/mol. The van der Waals surface area contributed by atoms with Crippen molar-refractivity contribution < 1.29 is 4.74 Å². The number of hydrogen-bond donors (Lipinski definition) is 1. The molecule has 0 aliphatic rings. The SMILES string of the molecule is CCc1cc(N)c(OCc2ccccc2)c(Br)c1. The van der Waals surface area contributed by atoms with E-state index < -0.39 is 0 Å². The molecule has 2 N–H and O–H groups in total. The van der Waals surface area contributed by atoms with Crippen molar-refractivity contribution in [3.05, 3.63) is 58.1 Å². The summed E-state index contributed by atoms with van der Waals surface area (Å²) in [6, 6.07) is 14.1. The first kappa shape index (κ1) is 13.0. The van der Waals surface area contributed by atoms with E-state index in [-0.39, 0.29) is 0 Å². The van der Waals surface area contributed by atoms with Crippen LogP contribution in [0.1, 0.15) is 18.1 Å². The van der Waals surface area contributed by atoms with Gasteiger partial charge in [0, 0.05) is 0 Å². The highest BCUT2D eigenvalue weighted by atomic mass is 79.9. The van der Waals surface area contributed by atoms with Crippen molar-refractivity contribution in [2.24, 2.45) is 0 Å². The number of aryl methyl sites for hydroxylation is 1. The maximum Gasteiger partial charge on any atom is 0.156 e. The third kappa shape index (κ3) is 3.05. The van der Waals surface area contributed by atoms with Crippen molar-refractivity contribution >= 4 is 21.6 Å². The molecule has 0 bridgehead atoms. The van der Waals surface area contributed by atoms with Crippen LogP contribution in [0, 0.1) is 0 Å². The van der Waals surface area contributed by atoms with Gasteiger partial charge in [0.15, 0.2) is 5.75 Å². The van der Waals surface area contributed by atoms with Crippen LogP contribution in [-0.4, -0.2) is 0 Å². The molecule has 94 valence electrons. The van der Waals surface area contributed by atoms with E-state index in [1.165, 1.54) is 5.56 Å². The lowest BCUT2D eigenvalue weighted by Crippen LogP contribution is -2.00. The van der Waals surface area contributed by atoms with E-state index in [0.29, 0.717) is 12.3 Å². The van der Waals surface area contributed by atoms with Gasteiger partial charge in [-0.3, -0.25) is 0 Å². The normalized spacial score (nSPS) is 10.3. The molecule has 0 spiro atoms. The van der Waals surface area contributed by atoms with Crippen LogP contribution >= 0.6 is 15.9 Å². The van der Waals surface area contributed by atoms with Gasteiger partial charge in [-0.25, -0.2) is 0 Å². The minimum atomic E-state index is 0.523. The molecule has 0 radical (unpaired) electrons. The Morgan fingerprint density at radius 1 is 1.11 bits per heavy atom. The molecule has 0 aromatic heterocycles. The molecule has 2 nitrogen and oxygen atoms in total. The van der Waals surface area contributed by atoms with Crippen LogP contribution in [0.15, 0.2) is 46.9 Å². The molecule has 18 heavy (non-hydrogen) atoms. The second kappa shape index (κ2) is 5.91. The average molecular weight is 306 g/mol. The largest absolute Gasteiger partial charge is 0.486 e. The number of nitrogens with two attached hydrogens (primary N) is 1. The third-order valence-electron chi connectivity index (χ3n) is 2.77. The van der Waals surface area contributed by atoms with Gasteiger partial charge in [0.05, 0.1) is 10.2 Å². The first-order chi connectivity index (χ1) is 8.70. The second-order valence-electron chi connectivity index (χ2n) is 4.12. The summed E-state index contributed by atoms with van der Waals surface area (Å²) in [5.41, 5.74) is 9.01. The molecular formula is C15H16BrNO. The number of anilines is 1. The van der Waals surface area contributed by atoms with Gasteiger partial charge in [-0.15, -0.1) is 0 Å². The maximum absolute atomic E-state index is 6.01. The lowest BCUT2D eigenvalue weighted by molar-refractivity contribution is 0.306. The lowest BCUT2D eigenvalue weighted by Gasteiger charge is -2.12. The van der Waals surface area contributed by atoms with E-state index in [2.05, 4.69) is 28.9 Å². The van der Waals surface area contributed by atoms with Crippen molar-refractivity contribution in [1.29, 1.82) is 0 Å². The molecule has 0 aliphatic carbocycles. The summed E-state index contributed by atoms with van der Waals surface area (Å²) in [6.45, 7) is 2.63. The van der Waals surface area contributed by atoms with Crippen molar-refractivity contribution in [2.45, 2.75) is 20.0 Å². The Hall–Kier alpha value is -1.48. The number of hydrogen-bond acceptors (Lipinski definition) is 2. The van der Waals surface area contributed by atoms with Crippen molar-refractivity contribution in [3.8, 4) is 5.75 Å². The fourth-order valence-electron chi connectivity index (χ4n) is 1.76. The molecule has 0 saturated carbocycles. The molecule has 0 fully saturated rings. The van der Waals surface area contributed by atoms with Crippen LogP contribution in [-0.2, 0) is 13.0 Å². The fraction of sp³-hybridized carbons (Fsp3) is 0.200. The first-order valence-corrected chi connectivity index (χ1v) is 6.74. The summed E-state index contributed by atoms with van der Waals surface area (Å²) in [4.78, 5) is 0. The number of benzene rings is 2. The van der Waals surface area contributed by atoms with Gasteiger partial charge in [-0.05, 0) is 45.6 Å². The summed E-state index contributed by atoms with van der Waals surface area (Å²) in [5, 5.41) is 0. The number of ether oxygens (including phenoxy) is 1. The molecule has 0 unspecified atom stereocenters. The molecular weight excluding hydrogens is 290 g/mol. The van der Waals surface area contributed by atoms with Gasteiger partial charge >= 0.3 is 0 Å². The zero-order valence-corrected chi connectivity index (χ0v) is 11.9. The third-order valence-corrected chi connectivity index (χ3v) is 3.36. The molecule has 0 heterocycles. The smallest absolute Gasteiger partial charge is 0.156 e. The van der Waals surface area contributed by atoms with E-state index in [9.17, 15) is 0 Å².